The molecule has 1 heterocycles. The fraction of sp³-hybridized carbons (Fsp3) is 0.308. The van der Waals surface area contributed by atoms with Crippen molar-refractivity contribution in [1.29, 1.82) is 0 Å². The van der Waals surface area contributed by atoms with E-state index < -0.39 is 0 Å². The van der Waals surface area contributed by atoms with Crippen LogP contribution < -0.4 is 0 Å². The van der Waals surface area contributed by atoms with Crippen LogP contribution in [0.15, 0.2) is 42.0 Å². The van der Waals surface area contributed by atoms with E-state index in [1.54, 1.807) is 0 Å². The summed E-state index contributed by atoms with van der Waals surface area (Å²) in [6.07, 6.45) is 2.99. The van der Waals surface area contributed by atoms with Gasteiger partial charge in [0.15, 0.2) is 0 Å². The topological polar surface area (TPSA) is 20.3 Å². The molecule has 0 radical (unpaired) electrons. The summed E-state index contributed by atoms with van der Waals surface area (Å²) in [5.74, 6) is 0.171. The van der Waals surface area contributed by atoms with Gasteiger partial charge in [-0.2, -0.15) is 0 Å². The lowest BCUT2D eigenvalue weighted by Crippen LogP contribution is -2.34. The number of rotatable bonds is 2. The maximum absolute atomic E-state index is 11.8. The van der Waals surface area contributed by atoms with E-state index in [0.29, 0.717) is 0 Å². The first-order valence-corrected chi connectivity index (χ1v) is 5.27. The van der Waals surface area contributed by atoms with Gasteiger partial charge in [-0.05, 0) is 18.9 Å². The second kappa shape index (κ2) is 4.30. The van der Waals surface area contributed by atoms with E-state index in [2.05, 4.69) is 12.1 Å². The molecule has 1 aromatic carbocycles. The van der Waals surface area contributed by atoms with Crippen LogP contribution >= 0.6 is 0 Å². The molecule has 2 rings (SSSR count). The molecule has 0 spiro atoms. The highest BCUT2D eigenvalue weighted by Crippen LogP contribution is 2.14. The molecule has 0 N–H and O–H groups in total. The Bertz CT molecular complexity index is 381. The molecule has 0 saturated heterocycles. The quantitative estimate of drug-likeness (QED) is 0.719. The molecule has 0 aromatic heterocycles. The first kappa shape index (κ1) is 9.97. The highest BCUT2D eigenvalue weighted by Gasteiger charge is 2.18. The van der Waals surface area contributed by atoms with Crippen molar-refractivity contribution in [2.24, 2.45) is 0 Å². The Kier molecular flexibility index (Phi) is 2.86. The Morgan fingerprint density at radius 2 is 2.00 bits per heavy atom. The Morgan fingerprint density at radius 3 is 2.73 bits per heavy atom. The largest absolute Gasteiger partial charge is 0.334 e. The van der Waals surface area contributed by atoms with Crippen molar-refractivity contribution in [3.8, 4) is 0 Å². The van der Waals surface area contributed by atoms with Crippen LogP contribution in [0.2, 0.25) is 0 Å². The number of nitrogens with zero attached hydrogens (tertiary/aromatic N) is 1. The lowest BCUT2D eigenvalue weighted by Gasteiger charge is -2.26. The molecule has 1 amide bonds. The van der Waals surface area contributed by atoms with Gasteiger partial charge in [-0.1, -0.05) is 36.4 Å². The van der Waals surface area contributed by atoms with Gasteiger partial charge >= 0.3 is 0 Å². The molecule has 0 unspecified atom stereocenters. The number of amides is 1. The molecule has 1 aliphatic rings. The smallest absolute Gasteiger partial charge is 0.249 e. The van der Waals surface area contributed by atoms with Crippen LogP contribution in [-0.2, 0) is 11.3 Å². The normalized spacial score (nSPS) is 16.5. The maximum Gasteiger partial charge on any atom is 0.249 e. The van der Waals surface area contributed by atoms with Gasteiger partial charge in [-0.25, -0.2) is 0 Å². The molecule has 2 nitrogen and oxygen atoms in total. The molecule has 78 valence electrons. The molecule has 0 bridgehead atoms. The molecule has 1 aromatic rings. The van der Waals surface area contributed by atoms with E-state index in [-0.39, 0.29) is 5.91 Å². The van der Waals surface area contributed by atoms with Crippen molar-refractivity contribution in [2.45, 2.75) is 19.9 Å². The summed E-state index contributed by atoms with van der Waals surface area (Å²) in [7, 11) is 0. The average Bonchev–Trinajstić information content (AvgIpc) is 2.26. The summed E-state index contributed by atoms with van der Waals surface area (Å²) >= 11 is 0. The fourth-order valence-corrected chi connectivity index (χ4v) is 1.83. The van der Waals surface area contributed by atoms with Gasteiger partial charge in [0.25, 0.3) is 0 Å². The van der Waals surface area contributed by atoms with Crippen LogP contribution in [0.25, 0.3) is 0 Å². The number of benzene rings is 1. The zero-order chi connectivity index (χ0) is 10.7. The first-order chi connectivity index (χ1) is 7.27. The van der Waals surface area contributed by atoms with Crippen molar-refractivity contribution < 1.29 is 4.79 Å². The van der Waals surface area contributed by atoms with Crippen LogP contribution in [0.3, 0.4) is 0 Å². The molecule has 15 heavy (non-hydrogen) atoms. The van der Waals surface area contributed by atoms with Gasteiger partial charge in [0.2, 0.25) is 5.91 Å². The molecule has 0 aliphatic carbocycles. The third-order valence-corrected chi connectivity index (χ3v) is 2.69. The number of hydrogen-bond acceptors (Lipinski definition) is 1. The minimum atomic E-state index is 0.171. The van der Waals surface area contributed by atoms with Crippen LogP contribution in [0.4, 0.5) is 0 Å². The van der Waals surface area contributed by atoms with E-state index in [4.69, 9.17) is 0 Å². The third kappa shape index (κ3) is 2.27. The van der Waals surface area contributed by atoms with E-state index in [9.17, 15) is 4.79 Å². The summed E-state index contributed by atoms with van der Waals surface area (Å²) in [5.41, 5.74) is 2.07. The number of carbonyl (C=O) groups excluding carboxylic acids is 1. The highest BCUT2D eigenvalue weighted by atomic mass is 16.2. The van der Waals surface area contributed by atoms with Gasteiger partial charge in [-0.3, -0.25) is 4.79 Å². The Labute approximate surface area is 90.2 Å². The SMILES string of the molecule is CC1=CCCN(Cc2ccccc2)C1=O. The molecule has 2 heteroatoms. The summed E-state index contributed by atoms with van der Waals surface area (Å²) in [4.78, 5) is 13.7. The lowest BCUT2D eigenvalue weighted by molar-refractivity contribution is -0.128. The van der Waals surface area contributed by atoms with Crippen molar-refractivity contribution in [3.63, 3.8) is 0 Å². The predicted molar refractivity (Wildman–Crippen MR) is 60.2 cm³/mol. The average molecular weight is 201 g/mol. The van der Waals surface area contributed by atoms with Crippen molar-refractivity contribution in [1.82, 2.24) is 4.90 Å². The maximum atomic E-state index is 11.8. The lowest BCUT2D eigenvalue weighted by atomic mass is 10.1. The molecule has 0 fully saturated rings. The zero-order valence-electron chi connectivity index (χ0n) is 8.94. The zero-order valence-corrected chi connectivity index (χ0v) is 8.94. The molecular weight excluding hydrogens is 186 g/mol. The summed E-state index contributed by atoms with van der Waals surface area (Å²) < 4.78 is 0. The second-order valence-electron chi connectivity index (χ2n) is 3.89. The van der Waals surface area contributed by atoms with Crippen molar-refractivity contribution in [3.05, 3.63) is 47.5 Å². The van der Waals surface area contributed by atoms with Crippen LogP contribution in [0.5, 0.6) is 0 Å². The highest BCUT2D eigenvalue weighted by molar-refractivity contribution is 5.93. The minimum absolute atomic E-state index is 0.171. The summed E-state index contributed by atoms with van der Waals surface area (Å²) in [6.45, 7) is 3.45. The van der Waals surface area contributed by atoms with Crippen LogP contribution in [0, 0.1) is 0 Å². The van der Waals surface area contributed by atoms with Gasteiger partial charge in [0, 0.05) is 18.7 Å². The number of hydrogen-bond donors (Lipinski definition) is 0. The Hall–Kier alpha value is -1.57. The van der Waals surface area contributed by atoms with Gasteiger partial charge in [-0.15, -0.1) is 0 Å². The fourth-order valence-electron chi connectivity index (χ4n) is 1.83. The second-order valence-corrected chi connectivity index (χ2v) is 3.89. The van der Waals surface area contributed by atoms with E-state index in [1.807, 2.05) is 36.1 Å². The van der Waals surface area contributed by atoms with Gasteiger partial charge in [0.1, 0.15) is 0 Å². The van der Waals surface area contributed by atoms with Crippen LogP contribution in [-0.4, -0.2) is 17.4 Å². The molecule has 0 atom stereocenters. The monoisotopic (exact) mass is 201 g/mol. The van der Waals surface area contributed by atoms with Crippen LogP contribution in [0.1, 0.15) is 18.9 Å². The molecule has 1 aliphatic heterocycles. The van der Waals surface area contributed by atoms with E-state index >= 15 is 0 Å². The van der Waals surface area contributed by atoms with Crippen molar-refractivity contribution >= 4 is 5.91 Å². The molecule has 0 saturated carbocycles. The third-order valence-electron chi connectivity index (χ3n) is 2.69. The summed E-state index contributed by atoms with van der Waals surface area (Å²) in [5, 5.41) is 0. The summed E-state index contributed by atoms with van der Waals surface area (Å²) in [6, 6.07) is 10.1. The van der Waals surface area contributed by atoms with Gasteiger partial charge < -0.3 is 4.90 Å². The van der Waals surface area contributed by atoms with E-state index in [0.717, 1.165) is 25.1 Å². The van der Waals surface area contributed by atoms with Gasteiger partial charge in [0.05, 0.1) is 0 Å². The molecular formula is C13H15NO. The Morgan fingerprint density at radius 1 is 1.27 bits per heavy atom. The van der Waals surface area contributed by atoms with E-state index in [1.165, 1.54) is 5.56 Å². The number of carbonyl (C=O) groups is 1. The predicted octanol–water partition coefficient (Wildman–Crippen LogP) is 2.37. The minimum Gasteiger partial charge on any atom is -0.334 e. The van der Waals surface area contributed by atoms with Crippen molar-refractivity contribution in [2.75, 3.05) is 6.54 Å². The standard InChI is InChI=1S/C13H15NO/c1-11-6-5-9-14(13(11)15)10-12-7-3-2-4-8-12/h2-4,6-8H,5,9-10H2,1H3. The Balaban J connectivity index is 2.08. The first-order valence-electron chi connectivity index (χ1n) is 5.27.